The highest BCUT2D eigenvalue weighted by atomic mass is 35.5. The van der Waals surface area contributed by atoms with Crippen molar-refractivity contribution < 1.29 is 9.59 Å². The Labute approximate surface area is 120 Å². The molecule has 20 heavy (non-hydrogen) atoms. The molecular weight excluding hydrogens is 280 g/mol. The van der Waals surface area contributed by atoms with Gasteiger partial charge in [-0.3, -0.25) is 14.6 Å². The van der Waals surface area contributed by atoms with Crippen molar-refractivity contribution in [1.82, 2.24) is 15.3 Å². The highest BCUT2D eigenvalue weighted by molar-refractivity contribution is 6.41. The predicted octanol–water partition coefficient (Wildman–Crippen LogP) is 1.38. The molecule has 2 heterocycles. The standard InChI is InChI=1S/C13H11ClN4O2/c14-11-10(2-1-5-16-11)18-13(20)12(19)17-8-9-3-6-15-7-4-9/h1-7H,8H2,(H,17,19)(H,18,20). The van der Waals surface area contributed by atoms with Gasteiger partial charge in [-0.1, -0.05) is 11.6 Å². The average molecular weight is 291 g/mol. The maximum Gasteiger partial charge on any atom is 0.313 e. The van der Waals surface area contributed by atoms with Crippen molar-refractivity contribution in [3.63, 3.8) is 0 Å². The van der Waals surface area contributed by atoms with E-state index in [-0.39, 0.29) is 11.7 Å². The topological polar surface area (TPSA) is 84.0 Å². The minimum atomic E-state index is -0.797. The zero-order valence-electron chi connectivity index (χ0n) is 10.3. The summed E-state index contributed by atoms with van der Waals surface area (Å²) >= 11 is 5.78. The first-order chi connectivity index (χ1) is 9.66. The largest absolute Gasteiger partial charge is 0.344 e. The van der Waals surface area contributed by atoms with Crippen LogP contribution in [-0.2, 0) is 16.1 Å². The molecule has 0 fully saturated rings. The molecule has 102 valence electrons. The van der Waals surface area contributed by atoms with Crippen molar-refractivity contribution in [3.05, 3.63) is 53.6 Å². The number of nitrogens with one attached hydrogen (secondary N) is 2. The molecule has 0 aliphatic rings. The van der Waals surface area contributed by atoms with Gasteiger partial charge in [-0.05, 0) is 29.8 Å². The Morgan fingerprint density at radius 1 is 1.10 bits per heavy atom. The van der Waals surface area contributed by atoms with Crippen molar-refractivity contribution in [1.29, 1.82) is 0 Å². The van der Waals surface area contributed by atoms with Crippen LogP contribution in [-0.4, -0.2) is 21.8 Å². The van der Waals surface area contributed by atoms with Crippen LogP contribution in [0.1, 0.15) is 5.56 Å². The third-order valence-corrected chi connectivity index (χ3v) is 2.72. The molecule has 2 aromatic heterocycles. The minimum Gasteiger partial charge on any atom is -0.344 e. The summed E-state index contributed by atoms with van der Waals surface area (Å²) in [5, 5.41) is 5.01. The molecule has 2 aromatic rings. The van der Waals surface area contributed by atoms with Crippen molar-refractivity contribution in [2.45, 2.75) is 6.54 Å². The van der Waals surface area contributed by atoms with Gasteiger partial charge in [0.15, 0.2) is 5.15 Å². The Bertz CT molecular complexity index is 619. The molecule has 0 bridgehead atoms. The summed E-state index contributed by atoms with van der Waals surface area (Å²) in [6.45, 7) is 0.246. The zero-order chi connectivity index (χ0) is 14.4. The van der Waals surface area contributed by atoms with E-state index in [1.54, 1.807) is 36.7 Å². The lowest BCUT2D eigenvalue weighted by Crippen LogP contribution is -2.35. The van der Waals surface area contributed by atoms with E-state index in [1.807, 2.05) is 0 Å². The van der Waals surface area contributed by atoms with Crippen LogP contribution >= 0.6 is 11.6 Å². The molecule has 2 N–H and O–H groups in total. The van der Waals surface area contributed by atoms with Gasteiger partial charge in [0.1, 0.15) is 0 Å². The Balaban J connectivity index is 1.90. The van der Waals surface area contributed by atoms with Crippen molar-refractivity contribution in [2.24, 2.45) is 0 Å². The van der Waals surface area contributed by atoms with E-state index in [4.69, 9.17) is 11.6 Å². The van der Waals surface area contributed by atoms with E-state index in [0.29, 0.717) is 5.69 Å². The van der Waals surface area contributed by atoms with Gasteiger partial charge in [-0.2, -0.15) is 0 Å². The van der Waals surface area contributed by atoms with E-state index in [2.05, 4.69) is 20.6 Å². The van der Waals surface area contributed by atoms with Gasteiger partial charge in [0.2, 0.25) is 0 Å². The van der Waals surface area contributed by atoms with E-state index < -0.39 is 11.8 Å². The number of nitrogens with zero attached hydrogens (tertiary/aromatic N) is 2. The van der Waals surface area contributed by atoms with Gasteiger partial charge in [-0.15, -0.1) is 0 Å². The van der Waals surface area contributed by atoms with E-state index in [9.17, 15) is 9.59 Å². The maximum absolute atomic E-state index is 11.7. The Morgan fingerprint density at radius 2 is 1.85 bits per heavy atom. The first kappa shape index (κ1) is 14.0. The molecule has 0 radical (unpaired) electrons. The number of amides is 2. The van der Waals surface area contributed by atoms with Crippen molar-refractivity contribution >= 4 is 29.1 Å². The molecule has 0 atom stereocenters. The number of halogens is 1. The SMILES string of the molecule is O=C(NCc1ccncc1)C(=O)Nc1cccnc1Cl. The van der Waals surface area contributed by atoms with E-state index in [0.717, 1.165) is 5.56 Å². The number of hydrogen-bond donors (Lipinski definition) is 2. The normalized spacial score (nSPS) is 9.85. The first-order valence-electron chi connectivity index (χ1n) is 5.75. The lowest BCUT2D eigenvalue weighted by molar-refractivity contribution is -0.136. The van der Waals surface area contributed by atoms with Crippen LogP contribution in [0.5, 0.6) is 0 Å². The molecule has 0 saturated carbocycles. The summed E-state index contributed by atoms with van der Waals surface area (Å²) in [4.78, 5) is 31.0. The molecule has 0 unspecified atom stereocenters. The fourth-order valence-corrected chi connectivity index (χ4v) is 1.59. The van der Waals surface area contributed by atoms with Crippen LogP contribution in [0.25, 0.3) is 0 Å². The second kappa shape index (κ2) is 6.63. The van der Waals surface area contributed by atoms with Crippen molar-refractivity contribution in [3.8, 4) is 0 Å². The Hall–Kier alpha value is -2.47. The van der Waals surface area contributed by atoms with Gasteiger partial charge < -0.3 is 10.6 Å². The van der Waals surface area contributed by atoms with E-state index >= 15 is 0 Å². The number of hydrogen-bond acceptors (Lipinski definition) is 4. The van der Waals surface area contributed by atoms with Crippen LogP contribution in [0, 0.1) is 0 Å². The molecule has 0 saturated heterocycles. The Morgan fingerprint density at radius 3 is 2.55 bits per heavy atom. The molecule has 0 spiro atoms. The van der Waals surface area contributed by atoms with Crippen LogP contribution in [0.4, 0.5) is 5.69 Å². The molecule has 0 aliphatic carbocycles. The molecule has 0 aliphatic heterocycles. The van der Waals surface area contributed by atoms with Crippen LogP contribution < -0.4 is 10.6 Å². The van der Waals surface area contributed by atoms with Gasteiger partial charge in [-0.25, -0.2) is 4.98 Å². The highest BCUT2D eigenvalue weighted by Gasteiger charge is 2.14. The molecular formula is C13H11ClN4O2. The van der Waals surface area contributed by atoms with E-state index in [1.165, 1.54) is 6.20 Å². The molecule has 2 amide bonds. The summed E-state index contributed by atoms with van der Waals surface area (Å²) < 4.78 is 0. The number of pyridine rings is 2. The molecule has 7 heteroatoms. The van der Waals surface area contributed by atoms with Gasteiger partial charge >= 0.3 is 11.8 Å². The minimum absolute atomic E-state index is 0.128. The number of carbonyl (C=O) groups excluding carboxylic acids is 2. The lowest BCUT2D eigenvalue weighted by Gasteiger charge is -2.07. The summed E-state index contributed by atoms with van der Waals surface area (Å²) in [6, 6.07) is 6.66. The number of rotatable bonds is 3. The highest BCUT2D eigenvalue weighted by Crippen LogP contribution is 2.16. The summed E-state index contributed by atoms with van der Waals surface area (Å²) in [5.41, 5.74) is 1.14. The summed E-state index contributed by atoms with van der Waals surface area (Å²) in [5.74, 6) is -1.55. The van der Waals surface area contributed by atoms with Gasteiger partial charge in [0, 0.05) is 25.1 Å². The van der Waals surface area contributed by atoms with Gasteiger partial charge in [0.25, 0.3) is 0 Å². The van der Waals surface area contributed by atoms with Crippen LogP contribution in [0.3, 0.4) is 0 Å². The second-order valence-corrected chi connectivity index (χ2v) is 4.19. The summed E-state index contributed by atoms with van der Waals surface area (Å²) in [7, 11) is 0. The fraction of sp³-hybridized carbons (Fsp3) is 0.0769. The number of aromatic nitrogens is 2. The Kier molecular flexibility index (Phi) is 4.62. The second-order valence-electron chi connectivity index (χ2n) is 3.83. The van der Waals surface area contributed by atoms with Gasteiger partial charge in [0.05, 0.1) is 5.69 Å². The monoisotopic (exact) mass is 290 g/mol. The average Bonchev–Trinajstić information content (AvgIpc) is 2.48. The lowest BCUT2D eigenvalue weighted by atomic mass is 10.3. The molecule has 6 nitrogen and oxygen atoms in total. The molecule has 0 aromatic carbocycles. The van der Waals surface area contributed by atoms with Crippen LogP contribution in [0.2, 0.25) is 5.15 Å². The van der Waals surface area contributed by atoms with Crippen LogP contribution in [0.15, 0.2) is 42.9 Å². The zero-order valence-corrected chi connectivity index (χ0v) is 11.1. The smallest absolute Gasteiger partial charge is 0.313 e. The quantitative estimate of drug-likeness (QED) is 0.661. The maximum atomic E-state index is 11.7. The third kappa shape index (κ3) is 3.76. The number of anilines is 1. The third-order valence-electron chi connectivity index (χ3n) is 2.42. The van der Waals surface area contributed by atoms with Crippen molar-refractivity contribution in [2.75, 3.05) is 5.32 Å². The fourth-order valence-electron chi connectivity index (χ4n) is 1.42. The predicted molar refractivity (Wildman–Crippen MR) is 74.0 cm³/mol. The summed E-state index contributed by atoms with van der Waals surface area (Å²) in [6.07, 6.45) is 4.70. The molecule has 2 rings (SSSR count). The number of carbonyl (C=O) groups is 2. The first-order valence-corrected chi connectivity index (χ1v) is 6.13.